The van der Waals surface area contributed by atoms with Gasteiger partial charge in [0.05, 0.1) is 30.9 Å². The van der Waals surface area contributed by atoms with E-state index < -0.39 is 5.97 Å². The van der Waals surface area contributed by atoms with Gasteiger partial charge in [0.15, 0.2) is 5.78 Å². The van der Waals surface area contributed by atoms with Crippen molar-refractivity contribution in [2.24, 2.45) is 4.99 Å². The van der Waals surface area contributed by atoms with Crippen LogP contribution in [0.5, 0.6) is 0 Å². The molecule has 0 aromatic heterocycles. The molecule has 0 amide bonds. The van der Waals surface area contributed by atoms with Crippen LogP contribution in [0.25, 0.3) is 0 Å². The molecule has 220 valence electrons. The Balaban J connectivity index is 1.21. The Labute approximate surface area is 255 Å². The molecule has 4 rings (SSSR count). The fraction of sp³-hybridized carbons (Fsp3) is 0.353. The van der Waals surface area contributed by atoms with Crippen LogP contribution >= 0.6 is 15.9 Å². The molecule has 0 bridgehead atoms. The zero-order valence-corrected chi connectivity index (χ0v) is 25.4. The minimum Gasteiger partial charge on any atom is -0.465 e. The van der Waals surface area contributed by atoms with E-state index in [1.165, 1.54) is 12.8 Å². The lowest BCUT2D eigenvalue weighted by molar-refractivity contribution is -0.143. The molecular weight excluding hydrogens is 596 g/mol. The fourth-order valence-electron chi connectivity index (χ4n) is 4.89. The zero-order chi connectivity index (χ0) is 29.7. The van der Waals surface area contributed by atoms with Crippen LogP contribution in [-0.4, -0.2) is 43.2 Å². The molecule has 8 heteroatoms. The molecule has 1 heterocycles. The highest BCUT2D eigenvalue weighted by atomic mass is 79.9. The third-order valence-corrected chi connectivity index (χ3v) is 7.89. The first-order valence-electron chi connectivity index (χ1n) is 14.5. The molecule has 0 spiro atoms. The first kappa shape index (κ1) is 31.2. The van der Waals surface area contributed by atoms with Crippen molar-refractivity contribution in [3.05, 3.63) is 99.0 Å². The van der Waals surface area contributed by atoms with E-state index in [-0.39, 0.29) is 37.8 Å². The summed E-state index contributed by atoms with van der Waals surface area (Å²) in [4.78, 5) is 42.6. The summed E-state index contributed by atoms with van der Waals surface area (Å²) in [6, 6.07) is 20.0. The molecule has 0 saturated heterocycles. The number of halogens is 1. The summed E-state index contributed by atoms with van der Waals surface area (Å²) in [5, 5.41) is 0. The van der Waals surface area contributed by atoms with Crippen LogP contribution in [0.4, 0.5) is 5.69 Å². The molecule has 3 aromatic rings. The Kier molecular flexibility index (Phi) is 11.9. The van der Waals surface area contributed by atoms with Gasteiger partial charge in [0, 0.05) is 34.3 Å². The molecule has 42 heavy (non-hydrogen) atoms. The van der Waals surface area contributed by atoms with Crippen LogP contribution in [-0.2, 0) is 27.1 Å². The van der Waals surface area contributed by atoms with E-state index in [1.54, 1.807) is 24.3 Å². The predicted octanol–water partition coefficient (Wildman–Crippen LogP) is 6.93. The second-order valence-electron chi connectivity index (χ2n) is 10.4. The number of esters is 2. The molecule has 0 aliphatic carbocycles. The summed E-state index contributed by atoms with van der Waals surface area (Å²) in [6.45, 7) is 1.20. The van der Waals surface area contributed by atoms with E-state index in [4.69, 9.17) is 20.2 Å². The molecule has 0 unspecified atom stereocenters. The number of hydrogen-bond acceptors (Lipinski definition) is 7. The van der Waals surface area contributed by atoms with Crippen LogP contribution in [0.3, 0.4) is 0 Å². The van der Waals surface area contributed by atoms with Crippen molar-refractivity contribution in [3.8, 4) is 0 Å². The minimum absolute atomic E-state index is 0.00196. The van der Waals surface area contributed by atoms with Crippen molar-refractivity contribution in [2.45, 2.75) is 57.8 Å². The molecule has 0 radical (unpaired) electrons. The smallest absolute Gasteiger partial charge is 0.338 e. The van der Waals surface area contributed by atoms with Gasteiger partial charge < -0.3 is 15.2 Å². The third-order valence-electron chi connectivity index (χ3n) is 7.24. The summed E-state index contributed by atoms with van der Waals surface area (Å²) in [5.74, 6) is -0.785. The summed E-state index contributed by atoms with van der Waals surface area (Å²) in [7, 11) is 0. The van der Waals surface area contributed by atoms with E-state index in [2.05, 4.69) is 15.9 Å². The Morgan fingerprint density at radius 1 is 0.786 bits per heavy atom. The average molecular weight is 634 g/mol. The number of hydrogen-bond donors (Lipinski definition) is 1. The predicted molar refractivity (Wildman–Crippen MR) is 168 cm³/mol. The number of ether oxygens (including phenoxy) is 2. The second-order valence-corrected chi connectivity index (χ2v) is 11.2. The van der Waals surface area contributed by atoms with Crippen LogP contribution in [0.2, 0.25) is 0 Å². The van der Waals surface area contributed by atoms with Crippen molar-refractivity contribution >= 4 is 45.1 Å². The Morgan fingerprint density at radius 3 is 2.21 bits per heavy atom. The highest BCUT2D eigenvalue weighted by molar-refractivity contribution is 9.10. The fourth-order valence-corrected chi connectivity index (χ4v) is 5.35. The van der Waals surface area contributed by atoms with Crippen molar-refractivity contribution in [2.75, 3.05) is 25.5 Å². The van der Waals surface area contributed by atoms with E-state index in [1.807, 2.05) is 42.5 Å². The van der Waals surface area contributed by atoms with Crippen molar-refractivity contribution in [1.29, 1.82) is 0 Å². The topological polar surface area (TPSA) is 108 Å². The molecule has 0 saturated carbocycles. The quantitative estimate of drug-likeness (QED) is 0.100. The van der Waals surface area contributed by atoms with Crippen LogP contribution in [0.1, 0.15) is 82.4 Å². The number of carbonyl (C=O) groups is 3. The van der Waals surface area contributed by atoms with E-state index in [0.717, 1.165) is 48.2 Å². The number of nitrogen functional groups attached to an aromatic ring is 1. The molecular formula is C34H37BrN2O5. The van der Waals surface area contributed by atoms with E-state index in [0.29, 0.717) is 34.1 Å². The third kappa shape index (κ3) is 9.11. The van der Waals surface area contributed by atoms with Gasteiger partial charge in [0.1, 0.15) is 0 Å². The van der Waals surface area contributed by atoms with Gasteiger partial charge >= 0.3 is 11.9 Å². The zero-order valence-electron chi connectivity index (χ0n) is 23.8. The number of unbranched alkanes of at least 4 members (excludes halogenated alkanes) is 1. The number of nitrogens with zero attached hydrogens (tertiary/aromatic N) is 1. The molecule has 0 atom stereocenters. The number of benzene rings is 3. The normalized spacial score (nSPS) is 13.4. The van der Waals surface area contributed by atoms with Gasteiger partial charge in [-0.2, -0.15) is 0 Å². The summed E-state index contributed by atoms with van der Waals surface area (Å²) >= 11 is 3.48. The lowest BCUT2D eigenvalue weighted by Gasteiger charge is -2.15. The van der Waals surface area contributed by atoms with Crippen molar-refractivity contribution in [3.63, 3.8) is 0 Å². The van der Waals surface area contributed by atoms with Gasteiger partial charge in [0.2, 0.25) is 0 Å². The van der Waals surface area contributed by atoms with Gasteiger partial charge in [-0.1, -0.05) is 67.4 Å². The molecule has 7 nitrogen and oxygen atoms in total. The summed E-state index contributed by atoms with van der Waals surface area (Å²) in [5.41, 5.74) is 11.3. The van der Waals surface area contributed by atoms with E-state index >= 15 is 0 Å². The van der Waals surface area contributed by atoms with E-state index in [9.17, 15) is 14.4 Å². The lowest BCUT2D eigenvalue weighted by Crippen LogP contribution is -2.14. The van der Waals surface area contributed by atoms with Crippen LogP contribution < -0.4 is 5.73 Å². The first-order chi connectivity index (χ1) is 20.4. The van der Waals surface area contributed by atoms with Gasteiger partial charge in [-0.25, -0.2) is 4.79 Å². The number of rotatable bonds is 12. The van der Waals surface area contributed by atoms with Gasteiger partial charge in [0.25, 0.3) is 0 Å². The van der Waals surface area contributed by atoms with Gasteiger partial charge in [-0.05, 0) is 71.3 Å². The van der Waals surface area contributed by atoms with Crippen LogP contribution in [0.15, 0.2) is 76.2 Å². The maximum absolute atomic E-state index is 12.8. The first-order valence-corrected chi connectivity index (χ1v) is 15.3. The Hall–Kier alpha value is -3.78. The Morgan fingerprint density at radius 2 is 1.45 bits per heavy atom. The number of nitrogens with two attached hydrogens (primary N) is 1. The van der Waals surface area contributed by atoms with Gasteiger partial charge in [-0.15, -0.1) is 0 Å². The monoisotopic (exact) mass is 632 g/mol. The van der Waals surface area contributed by atoms with Crippen molar-refractivity contribution in [1.82, 2.24) is 0 Å². The highest BCUT2D eigenvalue weighted by Gasteiger charge is 2.18. The number of ketones is 1. The second kappa shape index (κ2) is 16.0. The standard InChI is InChI=1S/C34H37BrN2O5/c35-29-21-27(20-28(33(29)36)30-16-6-1-2-9-17-37-30)34(40)42-19-11-10-18-41-32(39)23-26-15-8-7-14-25(26)22-31(38)24-12-4-3-5-13-24/h3-5,7-8,12-15,20-21H,1-2,6,9-11,16-19,22-23,36H2. The van der Waals surface area contributed by atoms with Crippen molar-refractivity contribution < 1.29 is 23.9 Å². The minimum atomic E-state index is -0.429. The molecule has 1 aliphatic rings. The number of aliphatic imine (C=N–C) groups is 1. The maximum atomic E-state index is 12.8. The average Bonchev–Trinajstić information content (AvgIpc) is 2.97. The molecule has 3 aromatic carbocycles. The number of anilines is 1. The maximum Gasteiger partial charge on any atom is 0.338 e. The van der Waals surface area contributed by atoms with Crippen LogP contribution in [0, 0.1) is 0 Å². The lowest BCUT2D eigenvalue weighted by atomic mass is 9.97. The number of Topliss-reactive ketones (excluding diaryl/α,β-unsaturated/α-hetero) is 1. The summed E-state index contributed by atoms with van der Waals surface area (Å²) in [6.07, 6.45) is 6.72. The SMILES string of the molecule is Nc1c(Br)cc(C(=O)OCCCCOC(=O)Cc2ccccc2CC(=O)c2ccccc2)cc1C1=NCCCCCC1. The molecule has 2 N–H and O–H groups in total. The Bertz CT molecular complexity index is 1420. The number of carbonyl (C=O) groups excluding carboxylic acids is 3. The summed E-state index contributed by atoms with van der Waals surface area (Å²) < 4.78 is 11.6. The largest absolute Gasteiger partial charge is 0.465 e. The highest BCUT2D eigenvalue weighted by Crippen LogP contribution is 2.29. The van der Waals surface area contributed by atoms with Gasteiger partial charge in [-0.3, -0.25) is 14.6 Å². The molecule has 1 aliphatic heterocycles. The molecule has 0 fully saturated rings.